The summed E-state index contributed by atoms with van der Waals surface area (Å²) in [4.78, 5) is 4.58. The van der Waals surface area contributed by atoms with Crippen molar-refractivity contribution in [1.82, 2.24) is 29.6 Å². The summed E-state index contributed by atoms with van der Waals surface area (Å²) in [7, 11) is 1.90. The van der Waals surface area contributed by atoms with Gasteiger partial charge in [0, 0.05) is 31.5 Å². The minimum Gasteiger partial charge on any atom is -0.379 e. The summed E-state index contributed by atoms with van der Waals surface area (Å²) >= 11 is 0. The first-order valence-electron chi connectivity index (χ1n) is 10.2. The zero-order valence-electron chi connectivity index (χ0n) is 16.7. The molecule has 8 heteroatoms. The van der Waals surface area contributed by atoms with Crippen molar-refractivity contribution in [2.24, 2.45) is 7.05 Å². The predicted molar refractivity (Wildman–Crippen MR) is 112 cm³/mol. The molecule has 0 atom stereocenters. The lowest BCUT2D eigenvalue weighted by Crippen LogP contribution is -2.30. The molecule has 8 nitrogen and oxygen atoms in total. The van der Waals surface area contributed by atoms with Crippen molar-refractivity contribution in [3.63, 3.8) is 0 Å². The molecule has 0 aliphatic heterocycles. The molecule has 0 unspecified atom stereocenters. The van der Waals surface area contributed by atoms with Crippen LogP contribution < -0.4 is 5.32 Å². The Labute approximate surface area is 168 Å². The first-order valence-corrected chi connectivity index (χ1v) is 10.2. The molecule has 3 aromatic heterocycles. The largest absolute Gasteiger partial charge is 0.379 e. The van der Waals surface area contributed by atoms with E-state index in [1.54, 1.807) is 4.68 Å². The fraction of sp³-hybridized carbons (Fsp3) is 0.429. The second kappa shape index (κ2) is 7.44. The molecule has 0 saturated heterocycles. The Hall–Kier alpha value is -3.00. The highest BCUT2D eigenvalue weighted by Crippen LogP contribution is 2.28. The fourth-order valence-electron chi connectivity index (χ4n) is 4.20. The van der Waals surface area contributed by atoms with Crippen LogP contribution in [0.5, 0.6) is 0 Å². The molecule has 1 aliphatic rings. The maximum Gasteiger partial charge on any atom is 0.241 e. The molecular weight excluding hydrogens is 366 g/mol. The number of hydrogen-bond acceptors (Lipinski definition) is 6. The minimum absolute atomic E-state index is 0.402. The van der Waals surface area contributed by atoms with Gasteiger partial charge in [0.2, 0.25) is 5.95 Å². The lowest BCUT2D eigenvalue weighted by molar-refractivity contribution is 0.0346. The van der Waals surface area contributed by atoms with Crippen LogP contribution in [0.4, 0.5) is 5.95 Å². The molecule has 1 aliphatic carbocycles. The molecule has 1 aromatic carbocycles. The zero-order chi connectivity index (χ0) is 19.8. The SMILES string of the molecule is CCO[C@H]1CC[C@H](Nc2ncc3c(-c4ccc5nnn(C)c5c4)ccn3n2)CC1. The third-order valence-electron chi connectivity index (χ3n) is 5.75. The lowest BCUT2D eigenvalue weighted by atomic mass is 9.93. The van der Waals surface area contributed by atoms with Crippen LogP contribution in [0.3, 0.4) is 0 Å². The van der Waals surface area contributed by atoms with Crippen LogP contribution in [0, 0.1) is 0 Å². The van der Waals surface area contributed by atoms with Crippen LogP contribution >= 0.6 is 0 Å². The van der Waals surface area contributed by atoms with Crippen LogP contribution in [0.2, 0.25) is 0 Å². The van der Waals surface area contributed by atoms with Gasteiger partial charge in [-0.25, -0.2) is 14.2 Å². The highest BCUT2D eigenvalue weighted by Gasteiger charge is 2.22. The van der Waals surface area contributed by atoms with Gasteiger partial charge in [-0.2, -0.15) is 0 Å². The molecule has 4 aromatic rings. The summed E-state index contributed by atoms with van der Waals surface area (Å²) in [6, 6.07) is 8.64. The summed E-state index contributed by atoms with van der Waals surface area (Å²) in [6.07, 6.45) is 8.63. The minimum atomic E-state index is 0.402. The van der Waals surface area contributed by atoms with Gasteiger partial charge in [0.25, 0.3) is 0 Å². The van der Waals surface area contributed by atoms with E-state index in [0.29, 0.717) is 18.1 Å². The van der Waals surface area contributed by atoms with E-state index in [1.807, 2.05) is 30.0 Å². The van der Waals surface area contributed by atoms with Gasteiger partial charge in [-0.05, 0) is 56.4 Å². The zero-order valence-corrected chi connectivity index (χ0v) is 16.7. The quantitative estimate of drug-likeness (QED) is 0.561. The van der Waals surface area contributed by atoms with E-state index in [-0.39, 0.29) is 0 Å². The number of aryl methyl sites for hydroxylation is 1. The Morgan fingerprint density at radius 1 is 1.14 bits per heavy atom. The van der Waals surface area contributed by atoms with Gasteiger partial charge in [-0.3, -0.25) is 0 Å². The van der Waals surface area contributed by atoms with E-state index in [1.165, 1.54) is 0 Å². The van der Waals surface area contributed by atoms with Gasteiger partial charge in [0.1, 0.15) is 5.52 Å². The van der Waals surface area contributed by atoms with Crippen molar-refractivity contribution >= 4 is 22.5 Å². The maximum absolute atomic E-state index is 5.74. The Balaban J connectivity index is 1.36. The number of rotatable bonds is 5. The monoisotopic (exact) mass is 391 g/mol. The number of aromatic nitrogens is 6. The number of benzene rings is 1. The molecule has 0 spiro atoms. The topological polar surface area (TPSA) is 82.2 Å². The van der Waals surface area contributed by atoms with Crippen molar-refractivity contribution < 1.29 is 4.74 Å². The number of ether oxygens (including phenoxy) is 1. The van der Waals surface area contributed by atoms with Gasteiger partial charge in [-0.1, -0.05) is 11.3 Å². The van der Waals surface area contributed by atoms with Crippen molar-refractivity contribution in [2.75, 3.05) is 11.9 Å². The smallest absolute Gasteiger partial charge is 0.241 e. The molecule has 0 amide bonds. The summed E-state index contributed by atoms with van der Waals surface area (Å²) in [5.74, 6) is 0.672. The molecule has 29 heavy (non-hydrogen) atoms. The Kier molecular flexibility index (Phi) is 4.63. The molecule has 1 N–H and O–H groups in total. The lowest BCUT2D eigenvalue weighted by Gasteiger charge is -2.28. The number of anilines is 1. The fourth-order valence-corrected chi connectivity index (χ4v) is 4.20. The predicted octanol–water partition coefficient (Wildman–Crippen LogP) is 3.44. The normalized spacial score (nSPS) is 19.8. The Bertz CT molecular complexity index is 1140. The molecule has 150 valence electrons. The van der Waals surface area contributed by atoms with Gasteiger partial charge in [-0.15, -0.1) is 10.2 Å². The molecule has 0 bridgehead atoms. The van der Waals surface area contributed by atoms with Crippen LogP contribution in [-0.2, 0) is 11.8 Å². The van der Waals surface area contributed by atoms with Crippen LogP contribution in [0.15, 0.2) is 36.7 Å². The second-order valence-corrected chi connectivity index (χ2v) is 7.63. The van der Waals surface area contributed by atoms with Gasteiger partial charge in [0.05, 0.1) is 23.3 Å². The van der Waals surface area contributed by atoms with E-state index in [2.05, 4.69) is 50.8 Å². The van der Waals surface area contributed by atoms with Crippen molar-refractivity contribution in [1.29, 1.82) is 0 Å². The highest BCUT2D eigenvalue weighted by molar-refractivity contribution is 5.87. The highest BCUT2D eigenvalue weighted by atomic mass is 16.5. The van der Waals surface area contributed by atoms with Crippen molar-refractivity contribution in [3.05, 3.63) is 36.7 Å². The first kappa shape index (κ1) is 18.1. The summed E-state index contributed by atoms with van der Waals surface area (Å²) in [6.45, 7) is 2.85. The number of nitrogens with zero attached hydrogens (tertiary/aromatic N) is 6. The summed E-state index contributed by atoms with van der Waals surface area (Å²) < 4.78 is 9.42. The average Bonchev–Trinajstić information content (AvgIpc) is 3.33. The van der Waals surface area contributed by atoms with Crippen molar-refractivity contribution in [3.8, 4) is 11.1 Å². The molecule has 1 fully saturated rings. The average molecular weight is 391 g/mol. The first-order chi connectivity index (χ1) is 14.2. The summed E-state index contributed by atoms with van der Waals surface area (Å²) in [5.41, 5.74) is 5.07. The number of fused-ring (bicyclic) bond motifs is 2. The maximum atomic E-state index is 5.74. The van der Waals surface area contributed by atoms with E-state index in [4.69, 9.17) is 4.74 Å². The Morgan fingerprint density at radius 3 is 2.83 bits per heavy atom. The van der Waals surface area contributed by atoms with E-state index in [9.17, 15) is 0 Å². The van der Waals surface area contributed by atoms with Gasteiger partial charge in [0.15, 0.2) is 0 Å². The molecular formula is C21H25N7O. The van der Waals surface area contributed by atoms with E-state index < -0.39 is 0 Å². The van der Waals surface area contributed by atoms with E-state index in [0.717, 1.165) is 60.0 Å². The third kappa shape index (κ3) is 3.44. The van der Waals surface area contributed by atoms with Crippen LogP contribution in [0.1, 0.15) is 32.6 Å². The second-order valence-electron chi connectivity index (χ2n) is 7.63. The third-order valence-corrected chi connectivity index (χ3v) is 5.75. The molecule has 3 heterocycles. The Morgan fingerprint density at radius 2 is 2.00 bits per heavy atom. The number of hydrogen-bond donors (Lipinski definition) is 1. The molecule has 1 saturated carbocycles. The number of nitrogens with one attached hydrogen (secondary N) is 1. The van der Waals surface area contributed by atoms with E-state index >= 15 is 0 Å². The van der Waals surface area contributed by atoms with Crippen molar-refractivity contribution in [2.45, 2.75) is 44.8 Å². The standard InChI is InChI=1S/C21H25N7O/c1-3-29-16-7-5-15(6-8-16)23-21-22-13-20-17(10-11-28(20)25-21)14-4-9-18-19(12-14)27(2)26-24-18/h4,9-13,15-16H,3,5-8H2,1-2H3,(H,23,25)/t15-,16-. The van der Waals surface area contributed by atoms with Gasteiger partial charge >= 0.3 is 0 Å². The van der Waals surface area contributed by atoms with Crippen LogP contribution in [0.25, 0.3) is 27.7 Å². The van der Waals surface area contributed by atoms with Crippen LogP contribution in [-0.4, -0.2) is 48.3 Å². The van der Waals surface area contributed by atoms with Gasteiger partial charge < -0.3 is 10.1 Å². The summed E-state index contributed by atoms with van der Waals surface area (Å²) in [5, 5.41) is 16.4. The molecule has 0 radical (unpaired) electrons. The molecule has 5 rings (SSSR count).